The third kappa shape index (κ3) is 1.71. The number of carbonyl (C=O) groups is 1. The van der Waals surface area contributed by atoms with Gasteiger partial charge in [0.2, 0.25) is 0 Å². The Bertz CT molecular complexity index is 1670. The molecule has 0 unspecified atom stereocenters. The van der Waals surface area contributed by atoms with E-state index in [1.54, 1.807) is 0 Å². The molecule has 0 aliphatic carbocycles. The molecule has 0 fully saturated rings. The Morgan fingerprint density at radius 2 is 1.03 bits per heavy atom. The lowest BCUT2D eigenvalue weighted by Gasteiger charge is -2.21. The van der Waals surface area contributed by atoms with Gasteiger partial charge in [-0.1, -0.05) is 60.7 Å². The van der Waals surface area contributed by atoms with Gasteiger partial charge in [-0.2, -0.15) is 0 Å². The van der Waals surface area contributed by atoms with Crippen molar-refractivity contribution in [2.45, 2.75) is 6.92 Å². The fourth-order valence-corrected chi connectivity index (χ4v) is 5.37. The highest BCUT2D eigenvalue weighted by molar-refractivity contribution is 6.45. The van der Waals surface area contributed by atoms with Crippen LogP contribution < -0.4 is 0 Å². The molecule has 0 aliphatic rings. The topological polar surface area (TPSA) is 26.3 Å². The molecule has 0 amide bonds. The predicted molar refractivity (Wildman–Crippen MR) is 121 cm³/mol. The van der Waals surface area contributed by atoms with Gasteiger partial charge >= 0.3 is 5.97 Å². The third-order valence-electron chi connectivity index (χ3n) is 6.50. The van der Waals surface area contributed by atoms with Crippen molar-refractivity contribution >= 4 is 70.6 Å². The van der Waals surface area contributed by atoms with Crippen molar-refractivity contribution < 1.29 is 9.53 Å². The van der Waals surface area contributed by atoms with Gasteiger partial charge in [-0.15, -0.1) is 0 Å². The Morgan fingerprint density at radius 1 is 0.621 bits per heavy atom. The summed E-state index contributed by atoms with van der Waals surface area (Å²) in [4.78, 5) is 12.8. The van der Waals surface area contributed by atoms with E-state index in [4.69, 9.17) is 4.74 Å². The van der Waals surface area contributed by atoms with Crippen LogP contribution in [-0.2, 0) is 4.74 Å². The third-order valence-corrected chi connectivity index (χ3v) is 6.50. The van der Waals surface area contributed by atoms with E-state index >= 15 is 0 Å². The first-order valence-corrected chi connectivity index (χ1v) is 10.0. The zero-order chi connectivity index (χ0) is 19.3. The van der Waals surface area contributed by atoms with Gasteiger partial charge in [0, 0.05) is 0 Å². The van der Waals surface area contributed by atoms with Crippen molar-refractivity contribution in [1.29, 1.82) is 0 Å². The molecule has 0 N–H and O–H groups in total. The maximum Gasteiger partial charge on any atom is 0.338 e. The first kappa shape index (κ1) is 15.3. The molecule has 136 valence electrons. The van der Waals surface area contributed by atoms with Crippen LogP contribution in [0.4, 0.5) is 0 Å². The maximum atomic E-state index is 12.8. The van der Waals surface area contributed by atoms with Crippen molar-refractivity contribution in [3.05, 3.63) is 72.3 Å². The summed E-state index contributed by atoms with van der Waals surface area (Å²) >= 11 is 0. The lowest BCUT2D eigenvalue weighted by atomic mass is 9.82. The second-order valence-electron chi connectivity index (χ2n) is 7.89. The van der Waals surface area contributed by atoms with E-state index in [1.807, 2.05) is 13.0 Å². The Balaban J connectivity index is 1.90. The van der Waals surface area contributed by atoms with Crippen LogP contribution in [0, 0.1) is 0 Å². The Hall–Kier alpha value is -3.65. The van der Waals surface area contributed by atoms with Crippen LogP contribution in [0.3, 0.4) is 0 Å². The second-order valence-corrected chi connectivity index (χ2v) is 7.89. The van der Waals surface area contributed by atoms with Crippen molar-refractivity contribution in [3.63, 3.8) is 0 Å². The minimum atomic E-state index is -0.252. The molecule has 0 aromatic heterocycles. The lowest BCUT2D eigenvalue weighted by Crippen LogP contribution is -2.06. The largest absolute Gasteiger partial charge is 0.462 e. The fourth-order valence-electron chi connectivity index (χ4n) is 5.37. The number of ether oxygens (including phenoxy) is 1. The normalized spacial score (nSPS) is 12.6. The number of hydrogen-bond acceptors (Lipinski definition) is 2. The lowest BCUT2D eigenvalue weighted by molar-refractivity contribution is 0.0529. The standard InChI is InChI=1S/C27H16O2/c1-2-29-27(28)20-13-18-10-9-16-6-4-14-3-5-15-7-8-17-11-12-19(20)26-24(17)22(15)21(14)23(16)25(18)26/h3-13H,2H2,1H3. The fraction of sp³-hybridized carbons (Fsp3) is 0.0741. The van der Waals surface area contributed by atoms with Gasteiger partial charge in [-0.05, 0) is 77.6 Å². The molecular formula is C27H16O2. The number of hydrogen-bond donors (Lipinski definition) is 0. The van der Waals surface area contributed by atoms with Crippen LogP contribution in [0.2, 0.25) is 0 Å². The zero-order valence-corrected chi connectivity index (χ0v) is 15.9. The average Bonchev–Trinajstić information content (AvgIpc) is 2.76. The quantitative estimate of drug-likeness (QED) is 0.184. The summed E-state index contributed by atoms with van der Waals surface area (Å²) in [5, 5.41) is 14.7. The van der Waals surface area contributed by atoms with E-state index < -0.39 is 0 Å². The van der Waals surface area contributed by atoms with Gasteiger partial charge < -0.3 is 4.74 Å². The molecule has 7 aromatic rings. The first-order valence-electron chi connectivity index (χ1n) is 10.0. The average molecular weight is 372 g/mol. The minimum absolute atomic E-state index is 0.252. The second kappa shape index (κ2) is 5.03. The molecule has 0 saturated carbocycles. The van der Waals surface area contributed by atoms with E-state index in [0.29, 0.717) is 12.2 Å². The molecule has 2 nitrogen and oxygen atoms in total. The van der Waals surface area contributed by atoms with Crippen LogP contribution in [0.25, 0.3) is 64.6 Å². The van der Waals surface area contributed by atoms with E-state index in [2.05, 4.69) is 60.7 Å². The summed E-state index contributed by atoms with van der Waals surface area (Å²) in [5.41, 5.74) is 0.652. The van der Waals surface area contributed by atoms with Crippen molar-refractivity contribution in [1.82, 2.24) is 0 Å². The summed E-state index contributed by atoms with van der Waals surface area (Å²) in [6.45, 7) is 2.22. The highest BCUT2D eigenvalue weighted by Gasteiger charge is 2.23. The summed E-state index contributed by atoms with van der Waals surface area (Å²) in [5.74, 6) is -0.252. The van der Waals surface area contributed by atoms with Crippen LogP contribution in [0.1, 0.15) is 17.3 Å². The van der Waals surface area contributed by atoms with Crippen molar-refractivity contribution in [2.75, 3.05) is 6.61 Å². The molecule has 0 heterocycles. The van der Waals surface area contributed by atoms with Gasteiger partial charge in [0.15, 0.2) is 0 Å². The molecule has 0 atom stereocenters. The van der Waals surface area contributed by atoms with Gasteiger partial charge in [0.25, 0.3) is 0 Å². The number of rotatable bonds is 2. The van der Waals surface area contributed by atoms with Crippen molar-refractivity contribution in [3.8, 4) is 0 Å². The van der Waals surface area contributed by atoms with Crippen molar-refractivity contribution in [2.24, 2.45) is 0 Å². The number of esters is 1. The van der Waals surface area contributed by atoms with Gasteiger partial charge in [-0.25, -0.2) is 4.79 Å². The number of carbonyl (C=O) groups excluding carboxylic acids is 1. The van der Waals surface area contributed by atoms with Gasteiger partial charge in [0.05, 0.1) is 12.2 Å². The molecule has 2 heteroatoms. The van der Waals surface area contributed by atoms with Crippen LogP contribution in [0.5, 0.6) is 0 Å². The van der Waals surface area contributed by atoms with Crippen LogP contribution >= 0.6 is 0 Å². The van der Waals surface area contributed by atoms with Crippen LogP contribution in [0.15, 0.2) is 66.7 Å². The summed E-state index contributed by atoms with van der Waals surface area (Å²) in [7, 11) is 0. The molecule has 0 saturated heterocycles. The minimum Gasteiger partial charge on any atom is -0.462 e. The Morgan fingerprint density at radius 3 is 1.55 bits per heavy atom. The molecule has 7 rings (SSSR count). The predicted octanol–water partition coefficient (Wildman–Crippen LogP) is 7.10. The van der Waals surface area contributed by atoms with Crippen LogP contribution in [-0.4, -0.2) is 12.6 Å². The molecular weight excluding hydrogens is 356 g/mol. The first-order chi connectivity index (χ1) is 14.3. The van der Waals surface area contributed by atoms with E-state index in [0.717, 1.165) is 10.8 Å². The van der Waals surface area contributed by atoms with E-state index in [9.17, 15) is 4.79 Å². The monoisotopic (exact) mass is 372 g/mol. The summed E-state index contributed by atoms with van der Waals surface area (Å²) < 4.78 is 5.40. The SMILES string of the molecule is CCOC(=O)c1cc2ccc3ccc4ccc5ccc6ccc1c1c6c5c4c3c21. The smallest absolute Gasteiger partial charge is 0.338 e. The molecule has 0 spiro atoms. The summed E-state index contributed by atoms with van der Waals surface area (Å²) in [6, 6.07) is 23.8. The van der Waals surface area contributed by atoms with E-state index in [-0.39, 0.29) is 5.97 Å². The van der Waals surface area contributed by atoms with Gasteiger partial charge in [-0.3, -0.25) is 0 Å². The zero-order valence-electron chi connectivity index (χ0n) is 15.9. The molecule has 0 bridgehead atoms. The molecule has 0 radical (unpaired) electrons. The number of benzene rings is 7. The maximum absolute atomic E-state index is 12.8. The summed E-state index contributed by atoms with van der Waals surface area (Å²) in [6.07, 6.45) is 0. The molecule has 29 heavy (non-hydrogen) atoms. The highest BCUT2D eigenvalue weighted by atomic mass is 16.5. The molecule has 7 aromatic carbocycles. The van der Waals surface area contributed by atoms with E-state index in [1.165, 1.54) is 53.9 Å². The Labute approximate surface area is 166 Å². The Kier molecular flexibility index (Phi) is 2.66. The molecule has 0 aliphatic heterocycles. The van der Waals surface area contributed by atoms with Gasteiger partial charge in [0.1, 0.15) is 0 Å². The highest BCUT2D eigenvalue weighted by Crippen LogP contribution is 2.48.